The molecule has 0 aliphatic carbocycles. The Morgan fingerprint density at radius 3 is 2.86 bits per heavy atom. The summed E-state index contributed by atoms with van der Waals surface area (Å²) in [5.74, 6) is -0.445. The number of nitrogen functional groups attached to an aromatic ring is 1. The van der Waals surface area contributed by atoms with Crippen molar-refractivity contribution in [3.05, 3.63) is 40.6 Å². The van der Waals surface area contributed by atoms with Gasteiger partial charge in [-0.1, -0.05) is 12.1 Å². The van der Waals surface area contributed by atoms with Gasteiger partial charge in [-0.3, -0.25) is 4.79 Å². The SMILES string of the molecule is COC(=O)c1sccc1NC(=O)Cn1c(-c2nonc2N)nc2ccccc21. The van der Waals surface area contributed by atoms with Crippen LogP contribution in [0.15, 0.2) is 40.3 Å². The molecule has 4 rings (SSSR count). The largest absolute Gasteiger partial charge is 0.465 e. The third-order valence-electron chi connectivity index (χ3n) is 3.99. The number of para-hydroxylation sites is 2. The number of imidazole rings is 1. The van der Waals surface area contributed by atoms with Gasteiger partial charge in [0.05, 0.1) is 23.8 Å². The molecule has 3 N–H and O–H groups in total. The van der Waals surface area contributed by atoms with Gasteiger partial charge in [0.15, 0.2) is 17.3 Å². The molecule has 3 aromatic heterocycles. The van der Waals surface area contributed by atoms with Crippen molar-refractivity contribution in [3.63, 3.8) is 0 Å². The molecule has 0 aliphatic rings. The number of methoxy groups -OCH3 is 1. The zero-order valence-electron chi connectivity index (χ0n) is 14.6. The Hall–Kier alpha value is -3.73. The van der Waals surface area contributed by atoms with Crippen molar-refractivity contribution in [2.24, 2.45) is 0 Å². The molecule has 28 heavy (non-hydrogen) atoms. The number of benzene rings is 1. The highest BCUT2D eigenvalue weighted by molar-refractivity contribution is 7.12. The number of anilines is 2. The Morgan fingerprint density at radius 1 is 1.29 bits per heavy atom. The van der Waals surface area contributed by atoms with E-state index in [9.17, 15) is 9.59 Å². The Balaban J connectivity index is 1.68. The van der Waals surface area contributed by atoms with Crippen molar-refractivity contribution in [1.29, 1.82) is 0 Å². The van der Waals surface area contributed by atoms with Crippen LogP contribution < -0.4 is 11.1 Å². The monoisotopic (exact) mass is 398 g/mol. The number of ether oxygens (including phenoxy) is 1. The molecule has 0 atom stereocenters. The number of nitrogens with two attached hydrogens (primary N) is 1. The van der Waals surface area contributed by atoms with Crippen molar-refractivity contribution in [1.82, 2.24) is 19.9 Å². The van der Waals surface area contributed by atoms with E-state index in [-0.39, 0.29) is 24.0 Å². The highest BCUT2D eigenvalue weighted by atomic mass is 32.1. The number of thiophene rings is 1. The lowest BCUT2D eigenvalue weighted by atomic mass is 10.3. The van der Waals surface area contributed by atoms with Crippen molar-refractivity contribution in [2.45, 2.75) is 6.54 Å². The minimum atomic E-state index is -0.513. The molecule has 0 bridgehead atoms. The maximum absolute atomic E-state index is 12.7. The number of rotatable bonds is 5. The van der Waals surface area contributed by atoms with Gasteiger partial charge >= 0.3 is 5.97 Å². The quantitative estimate of drug-likeness (QED) is 0.488. The van der Waals surface area contributed by atoms with Gasteiger partial charge in [0.2, 0.25) is 5.91 Å². The number of hydrogen-bond acceptors (Lipinski definition) is 9. The minimum Gasteiger partial charge on any atom is -0.465 e. The lowest BCUT2D eigenvalue weighted by Gasteiger charge is -2.09. The number of hydrogen-bond donors (Lipinski definition) is 2. The minimum absolute atomic E-state index is 0.0720. The van der Waals surface area contributed by atoms with Crippen molar-refractivity contribution >= 4 is 45.8 Å². The highest BCUT2D eigenvalue weighted by Gasteiger charge is 2.21. The first-order valence-corrected chi connectivity index (χ1v) is 8.95. The van der Waals surface area contributed by atoms with Crippen LogP contribution in [0.4, 0.5) is 11.5 Å². The van der Waals surface area contributed by atoms with E-state index in [1.165, 1.54) is 18.4 Å². The second-order valence-electron chi connectivity index (χ2n) is 5.71. The number of carbonyl (C=O) groups excluding carboxylic acids is 2. The van der Waals surface area contributed by atoms with Crippen LogP contribution in [0.5, 0.6) is 0 Å². The maximum atomic E-state index is 12.7. The fraction of sp³-hybridized carbons (Fsp3) is 0.118. The van der Waals surface area contributed by atoms with E-state index < -0.39 is 5.97 Å². The smallest absolute Gasteiger partial charge is 0.350 e. The lowest BCUT2D eigenvalue weighted by molar-refractivity contribution is -0.116. The average molecular weight is 398 g/mol. The van der Waals surface area contributed by atoms with Gasteiger partial charge < -0.3 is 20.4 Å². The predicted molar refractivity (Wildman–Crippen MR) is 102 cm³/mol. The highest BCUT2D eigenvalue weighted by Crippen LogP contribution is 2.27. The molecule has 0 aliphatic heterocycles. The first-order valence-electron chi connectivity index (χ1n) is 8.08. The van der Waals surface area contributed by atoms with E-state index in [0.29, 0.717) is 27.4 Å². The zero-order valence-corrected chi connectivity index (χ0v) is 15.4. The van der Waals surface area contributed by atoms with Crippen molar-refractivity contribution in [2.75, 3.05) is 18.2 Å². The van der Waals surface area contributed by atoms with Crippen LogP contribution in [0.2, 0.25) is 0 Å². The lowest BCUT2D eigenvalue weighted by Crippen LogP contribution is -2.20. The molecular formula is C17H14N6O4S. The number of nitrogens with one attached hydrogen (secondary N) is 1. The molecular weight excluding hydrogens is 384 g/mol. The number of aromatic nitrogens is 4. The summed E-state index contributed by atoms with van der Waals surface area (Å²) in [5, 5.41) is 11.8. The van der Waals surface area contributed by atoms with Crippen molar-refractivity contribution < 1.29 is 19.0 Å². The summed E-state index contributed by atoms with van der Waals surface area (Å²) in [4.78, 5) is 29.3. The molecule has 142 valence electrons. The second-order valence-corrected chi connectivity index (χ2v) is 6.63. The fourth-order valence-corrected chi connectivity index (χ4v) is 3.52. The second kappa shape index (κ2) is 7.12. The van der Waals surface area contributed by atoms with Crippen LogP contribution in [0.3, 0.4) is 0 Å². The molecule has 0 unspecified atom stereocenters. The molecule has 1 amide bonds. The summed E-state index contributed by atoms with van der Waals surface area (Å²) in [6.07, 6.45) is 0. The Kier molecular flexibility index (Phi) is 4.49. The van der Waals surface area contributed by atoms with E-state index in [1.807, 2.05) is 24.3 Å². The summed E-state index contributed by atoms with van der Waals surface area (Å²) in [6.45, 7) is -0.0847. The number of carbonyl (C=O) groups is 2. The van der Waals surface area contributed by atoms with Crippen molar-refractivity contribution in [3.8, 4) is 11.5 Å². The average Bonchev–Trinajstić information content (AvgIpc) is 3.40. The molecule has 0 fully saturated rings. The van der Waals surface area contributed by atoms with Gasteiger partial charge in [0.25, 0.3) is 0 Å². The molecule has 4 aromatic rings. The molecule has 0 saturated heterocycles. The van der Waals surface area contributed by atoms with Gasteiger partial charge in [0, 0.05) is 0 Å². The normalized spacial score (nSPS) is 10.9. The van der Waals surface area contributed by atoms with Gasteiger partial charge in [-0.15, -0.1) is 11.3 Å². The van der Waals surface area contributed by atoms with E-state index >= 15 is 0 Å². The van der Waals surface area contributed by atoms with Crippen LogP contribution in [-0.4, -0.2) is 38.9 Å². The summed E-state index contributed by atoms with van der Waals surface area (Å²) in [7, 11) is 1.29. The van der Waals surface area contributed by atoms with Gasteiger partial charge in [-0.2, -0.15) is 0 Å². The molecule has 0 saturated carbocycles. The first-order chi connectivity index (χ1) is 13.6. The van der Waals surface area contributed by atoms with E-state index in [0.717, 1.165) is 0 Å². The molecule has 3 heterocycles. The molecule has 10 nitrogen and oxygen atoms in total. The Bertz CT molecular complexity index is 1180. The van der Waals surface area contributed by atoms with Gasteiger partial charge in [-0.05, 0) is 33.9 Å². The van der Waals surface area contributed by atoms with Crippen LogP contribution in [0, 0.1) is 0 Å². The van der Waals surface area contributed by atoms with Crippen LogP contribution in [0.1, 0.15) is 9.67 Å². The predicted octanol–water partition coefficient (Wildman–Crippen LogP) is 2.16. The first kappa shape index (κ1) is 17.7. The van der Waals surface area contributed by atoms with E-state index in [4.69, 9.17) is 10.5 Å². The Morgan fingerprint density at radius 2 is 2.11 bits per heavy atom. The fourth-order valence-electron chi connectivity index (χ4n) is 2.76. The van der Waals surface area contributed by atoms with Gasteiger partial charge in [0.1, 0.15) is 11.4 Å². The van der Waals surface area contributed by atoms with E-state index in [1.54, 1.807) is 16.0 Å². The third-order valence-corrected chi connectivity index (χ3v) is 4.89. The number of esters is 1. The summed E-state index contributed by atoms with van der Waals surface area (Å²) >= 11 is 1.18. The summed E-state index contributed by atoms with van der Waals surface area (Å²) < 4.78 is 11.1. The summed E-state index contributed by atoms with van der Waals surface area (Å²) in [6, 6.07) is 8.95. The number of fused-ring (bicyclic) bond motifs is 1. The standard InChI is InChI=1S/C17H14N6O4S/c1-26-17(25)14-10(6-7-28-14)19-12(24)8-23-11-5-3-2-4-9(11)20-16(23)13-15(18)22-27-21-13/h2-7H,8H2,1H3,(H2,18,22)(H,19,24). The van der Waals surface area contributed by atoms with Gasteiger partial charge in [-0.25, -0.2) is 14.4 Å². The Labute approximate surface area is 161 Å². The topological polar surface area (TPSA) is 138 Å². The van der Waals surface area contributed by atoms with E-state index in [2.05, 4.69) is 25.2 Å². The zero-order chi connectivity index (χ0) is 19.7. The maximum Gasteiger partial charge on any atom is 0.350 e. The molecule has 11 heteroatoms. The number of amides is 1. The molecule has 0 radical (unpaired) electrons. The number of nitrogens with zero attached hydrogens (tertiary/aromatic N) is 4. The van der Waals surface area contributed by atoms with Crippen LogP contribution in [0.25, 0.3) is 22.6 Å². The third kappa shape index (κ3) is 3.07. The summed E-state index contributed by atoms with van der Waals surface area (Å²) in [5.41, 5.74) is 7.81. The van der Waals surface area contributed by atoms with Crippen LogP contribution >= 0.6 is 11.3 Å². The molecule has 1 aromatic carbocycles. The molecule has 0 spiro atoms. The van der Waals surface area contributed by atoms with Crippen LogP contribution in [-0.2, 0) is 16.1 Å².